The van der Waals surface area contributed by atoms with Gasteiger partial charge in [-0.1, -0.05) is 35.3 Å². The molecule has 0 aliphatic carbocycles. The van der Waals surface area contributed by atoms with Crippen molar-refractivity contribution in [2.45, 2.75) is 20.0 Å². The molecule has 0 fully saturated rings. The number of ether oxygens (including phenoxy) is 2. The largest absolute Gasteiger partial charge is 0.493 e. The zero-order valence-electron chi connectivity index (χ0n) is 13.6. The molecule has 2 rings (SSSR count). The number of pyridine rings is 1. The van der Waals surface area contributed by atoms with E-state index in [1.165, 1.54) is 19.2 Å². The van der Waals surface area contributed by atoms with Gasteiger partial charge in [0.15, 0.2) is 11.9 Å². The first kappa shape index (κ1) is 19.0. The maximum Gasteiger partial charge on any atom is 0.342 e. The number of halogens is 2. The summed E-state index contributed by atoms with van der Waals surface area (Å²) in [6, 6.07) is 8.09. The van der Waals surface area contributed by atoms with Crippen molar-refractivity contribution in [3.63, 3.8) is 0 Å². The van der Waals surface area contributed by atoms with Crippen LogP contribution in [-0.4, -0.2) is 29.6 Å². The Balaban J connectivity index is 2.04. The van der Waals surface area contributed by atoms with Gasteiger partial charge in [-0.25, -0.2) is 9.78 Å². The van der Waals surface area contributed by atoms with Gasteiger partial charge in [-0.15, -0.1) is 0 Å². The molecule has 6 nitrogen and oxygen atoms in total. The Morgan fingerprint density at radius 2 is 2.00 bits per heavy atom. The summed E-state index contributed by atoms with van der Waals surface area (Å²) in [5.74, 6) is -0.709. The molecule has 0 spiro atoms. The highest BCUT2D eigenvalue weighted by atomic mass is 35.5. The second kappa shape index (κ2) is 8.69. The van der Waals surface area contributed by atoms with E-state index < -0.39 is 18.0 Å². The molecule has 0 saturated carbocycles. The van der Waals surface area contributed by atoms with Crippen LogP contribution in [0.3, 0.4) is 0 Å². The zero-order chi connectivity index (χ0) is 18.4. The number of amides is 1. The van der Waals surface area contributed by atoms with Gasteiger partial charge in [-0.05, 0) is 32.0 Å². The molecule has 1 heterocycles. The molecule has 1 N–H and O–H groups in total. The van der Waals surface area contributed by atoms with Crippen molar-refractivity contribution in [2.24, 2.45) is 0 Å². The van der Waals surface area contributed by atoms with Gasteiger partial charge in [0, 0.05) is 6.20 Å². The molecular formula is C17H16Cl2N2O4. The van der Waals surface area contributed by atoms with E-state index in [2.05, 4.69) is 10.3 Å². The monoisotopic (exact) mass is 382 g/mol. The van der Waals surface area contributed by atoms with Crippen molar-refractivity contribution in [1.29, 1.82) is 0 Å². The van der Waals surface area contributed by atoms with E-state index in [0.29, 0.717) is 17.4 Å². The number of anilines is 1. The fourth-order valence-corrected chi connectivity index (χ4v) is 2.35. The molecule has 0 bridgehead atoms. The summed E-state index contributed by atoms with van der Waals surface area (Å²) in [4.78, 5) is 28.4. The van der Waals surface area contributed by atoms with Crippen LogP contribution < -0.4 is 10.1 Å². The van der Waals surface area contributed by atoms with Crippen LogP contribution in [0.2, 0.25) is 10.0 Å². The Kier molecular flexibility index (Phi) is 6.61. The van der Waals surface area contributed by atoms with Crippen molar-refractivity contribution in [3.05, 3.63) is 52.1 Å². The molecule has 1 aromatic carbocycles. The number of benzene rings is 1. The predicted octanol–water partition coefficient (Wildman–Crippen LogP) is 3.97. The third kappa shape index (κ3) is 5.08. The van der Waals surface area contributed by atoms with Gasteiger partial charge in [0.25, 0.3) is 5.91 Å². The molecule has 0 saturated heterocycles. The fraction of sp³-hybridized carbons (Fsp3) is 0.235. The summed E-state index contributed by atoms with van der Waals surface area (Å²) in [6.07, 6.45) is 0.286. The number of carbonyl (C=O) groups excluding carboxylic acids is 2. The van der Waals surface area contributed by atoms with Gasteiger partial charge in [0.05, 0.1) is 16.7 Å². The first-order valence-electron chi connectivity index (χ1n) is 7.47. The first-order valence-corrected chi connectivity index (χ1v) is 8.22. The van der Waals surface area contributed by atoms with E-state index in [9.17, 15) is 9.59 Å². The zero-order valence-corrected chi connectivity index (χ0v) is 15.1. The number of rotatable bonds is 6. The smallest absolute Gasteiger partial charge is 0.342 e. The lowest BCUT2D eigenvalue weighted by atomic mass is 10.2. The summed E-state index contributed by atoms with van der Waals surface area (Å²) < 4.78 is 10.6. The topological polar surface area (TPSA) is 77.5 Å². The SMILES string of the molecule is CCOc1ccccc1C(=O)OC(C)C(=O)Nc1ncc(Cl)cc1Cl. The number of hydrogen-bond donors (Lipinski definition) is 1. The standard InChI is InChI=1S/C17H16Cl2N2O4/c1-3-24-14-7-5-4-6-12(14)17(23)25-10(2)16(22)21-15-13(19)8-11(18)9-20-15/h4-10H,3H2,1-2H3,(H,20,21,22). The third-order valence-electron chi connectivity index (χ3n) is 3.11. The summed E-state index contributed by atoms with van der Waals surface area (Å²) in [5.41, 5.74) is 0.242. The Morgan fingerprint density at radius 1 is 1.28 bits per heavy atom. The van der Waals surface area contributed by atoms with E-state index in [1.807, 2.05) is 0 Å². The molecule has 0 radical (unpaired) electrons. The highest BCUT2D eigenvalue weighted by molar-refractivity contribution is 6.36. The van der Waals surface area contributed by atoms with Crippen LogP contribution in [-0.2, 0) is 9.53 Å². The van der Waals surface area contributed by atoms with Gasteiger partial charge in [0.2, 0.25) is 0 Å². The molecule has 8 heteroatoms. The van der Waals surface area contributed by atoms with E-state index >= 15 is 0 Å². The molecule has 1 atom stereocenters. The van der Waals surface area contributed by atoms with E-state index in [1.54, 1.807) is 31.2 Å². The highest BCUT2D eigenvalue weighted by Crippen LogP contribution is 2.23. The minimum atomic E-state index is -1.06. The lowest BCUT2D eigenvalue weighted by molar-refractivity contribution is -0.123. The number of hydrogen-bond acceptors (Lipinski definition) is 5. The van der Waals surface area contributed by atoms with Crippen LogP contribution >= 0.6 is 23.2 Å². The predicted molar refractivity (Wildman–Crippen MR) is 95.4 cm³/mol. The number of carbonyl (C=O) groups is 2. The Labute approximate surface area is 155 Å². The fourth-order valence-electron chi connectivity index (χ4n) is 1.92. The lowest BCUT2D eigenvalue weighted by Gasteiger charge is -2.15. The van der Waals surface area contributed by atoms with Crippen molar-refractivity contribution >= 4 is 40.9 Å². The normalized spacial score (nSPS) is 11.5. The van der Waals surface area contributed by atoms with E-state index in [0.717, 1.165) is 0 Å². The molecule has 0 aliphatic rings. The second-order valence-corrected chi connectivity index (χ2v) is 5.79. The second-order valence-electron chi connectivity index (χ2n) is 4.95. The van der Waals surface area contributed by atoms with Crippen molar-refractivity contribution < 1.29 is 19.1 Å². The van der Waals surface area contributed by atoms with Crippen LogP contribution in [0.5, 0.6) is 5.75 Å². The highest BCUT2D eigenvalue weighted by Gasteiger charge is 2.22. The van der Waals surface area contributed by atoms with Gasteiger partial charge in [-0.2, -0.15) is 0 Å². The summed E-state index contributed by atoms with van der Waals surface area (Å²) >= 11 is 11.7. The van der Waals surface area contributed by atoms with Crippen LogP contribution in [0.15, 0.2) is 36.5 Å². The molecule has 1 unspecified atom stereocenters. The quantitative estimate of drug-likeness (QED) is 0.764. The Bertz CT molecular complexity index is 783. The number of esters is 1. The van der Waals surface area contributed by atoms with Crippen LogP contribution in [0.4, 0.5) is 5.82 Å². The third-order valence-corrected chi connectivity index (χ3v) is 3.60. The summed E-state index contributed by atoms with van der Waals surface area (Å²) in [6.45, 7) is 3.66. The van der Waals surface area contributed by atoms with Gasteiger partial charge in [-0.3, -0.25) is 4.79 Å². The lowest BCUT2D eigenvalue weighted by Crippen LogP contribution is -2.30. The molecular weight excluding hydrogens is 367 g/mol. The average molecular weight is 383 g/mol. The van der Waals surface area contributed by atoms with Crippen molar-refractivity contribution in [3.8, 4) is 5.75 Å². The Morgan fingerprint density at radius 3 is 2.68 bits per heavy atom. The minimum Gasteiger partial charge on any atom is -0.493 e. The number of para-hydroxylation sites is 1. The van der Waals surface area contributed by atoms with Crippen LogP contribution in [0, 0.1) is 0 Å². The number of aromatic nitrogens is 1. The molecule has 2 aromatic rings. The van der Waals surface area contributed by atoms with E-state index in [-0.39, 0.29) is 16.4 Å². The van der Waals surface area contributed by atoms with E-state index in [4.69, 9.17) is 32.7 Å². The molecule has 1 amide bonds. The van der Waals surface area contributed by atoms with Gasteiger partial charge in [0.1, 0.15) is 11.3 Å². The summed E-state index contributed by atoms with van der Waals surface area (Å²) in [5, 5.41) is 3.01. The average Bonchev–Trinajstić information content (AvgIpc) is 2.58. The van der Waals surface area contributed by atoms with Crippen molar-refractivity contribution in [2.75, 3.05) is 11.9 Å². The Hall–Kier alpha value is -2.31. The number of nitrogens with zero attached hydrogens (tertiary/aromatic N) is 1. The molecule has 25 heavy (non-hydrogen) atoms. The first-order chi connectivity index (χ1) is 11.9. The maximum absolute atomic E-state index is 12.3. The maximum atomic E-state index is 12.3. The van der Waals surface area contributed by atoms with Gasteiger partial charge < -0.3 is 14.8 Å². The van der Waals surface area contributed by atoms with Crippen LogP contribution in [0.25, 0.3) is 0 Å². The molecule has 132 valence electrons. The van der Waals surface area contributed by atoms with Crippen molar-refractivity contribution in [1.82, 2.24) is 4.98 Å². The molecule has 0 aliphatic heterocycles. The number of nitrogens with one attached hydrogen (secondary N) is 1. The van der Waals surface area contributed by atoms with Gasteiger partial charge >= 0.3 is 5.97 Å². The molecule has 1 aromatic heterocycles. The summed E-state index contributed by atoms with van der Waals surface area (Å²) in [7, 11) is 0. The van der Waals surface area contributed by atoms with Crippen LogP contribution in [0.1, 0.15) is 24.2 Å². The minimum absolute atomic E-state index is 0.133.